The first-order valence-electron chi connectivity index (χ1n) is 7.82. The van der Waals surface area contributed by atoms with Crippen LogP contribution in [-0.2, 0) is 4.74 Å². The normalized spacial score (nSPS) is 16.2. The van der Waals surface area contributed by atoms with Crippen molar-refractivity contribution in [2.45, 2.75) is 12.8 Å². The minimum atomic E-state index is 0.610. The molecule has 1 saturated heterocycles. The molecule has 0 unspecified atom stereocenters. The molecular formula is C18H23NO2. The minimum absolute atomic E-state index is 0.610. The van der Waals surface area contributed by atoms with Gasteiger partial charge in [0.2, 0.25) is 0 Å². The van der Waals surface area contributed by atoms with Crippen molar-refractivity contribution in [1.82, 2.24) is 5.32 Å². The molecule has 0 saturated carbocycles. The van der Waals surface area contributed by atoms with Crippen molar-refractivity contribution in [3.05, 3.63) is 42.5 Å². The molecule has 2 aromatic carbocycles. The van der Waals surface area contributed by atoms with Crippen molar-refractivity contribution >= 4 is 10.8 Å². The molecule has 3 nitrogen and oxygen atoms in total. The van der Waals surface area contributed by atoms with Crippen molar-refractivity contribution in [3.8, 4) is 5.75 Å². The molecule has 0 radical (unpaired) electrons. The van der Waals surface area contributed by atoms with Gasteiger partial charge in [-0.25, -0.2) is 0 Å². The first-order chi connectivity index (χ1) is 10.4. The average Bonchev–Trinajstić information content (AvgIpc) is 2.56. The van der Waals surface area contributed by atoms with E-state index in [9.17, 15) is 0 Å². The van der Waals surface area contributed by atoms with Gasteiger partial charge in [-0.3, -0.25) is 0 Å². The van der Waals surface area contributed by atoms with Crippen LogP contribution in [0.25, 0.3) is 10.8 Å². The molecule has 3 heteroatoms. The molecular weight excluding hydrogens is 262 g/mol. The number of fused-ring (bicyclic) bond motifs is 1. The van der Waals surface area contributed by atoms with Crippen LogP contribution in [0.3, 0.4) is 0 Å². The summed E-state index contributed by atoms with van der Waals surface area (Å²) in [4.78, 5) is 0. The second-order valence-corrected chi connectivity index (χ2v) is 5.59. The van der Waals surface area contributed by atoms with E-state index in [1.807, 2.05) is 24.3 Å². The van der Waals surface area contributed by atoms with Crippen LogP contribution < -0.4 is 10.1 Å². The fraction of sp³-hybridized carbons (Fsp3) is 0.444. The molecule has 1 heterocycles. The molecule has 0 bridgehead atoms. The Morgan fingerprint density at radius 3 is 2.67 bits per heavy atom. The van der Waals surface area contributed by atoms with Crippen LogP contribution in [-0.4, -0.2) is 32.9 Å². The van der Waals surface area contributed by atoms with Gasteiger partial charge in [0.25, 0.3) is 0 Å². The molecule has 0 aliphatic carbocycles. The molecule has 1 fully saturated rings. The zero-order chi connectivity index (χ0) is 14.3. The van der Waals surface area contributed by atoms with E-state index in [1.165, 1.54) is 23.6 Å². The second kappa shape index (κ2) is 7.43. The highest BCUT2D eigenvalue weighted by atomic mass is 16.5. The highest BCUT2D eigenvalue weighted by molar-refractivity contribution is 5.88. The number of benzene rings is 2. The Morgan fingerprint density at radius 2 is 1.76 bits per heavy atom. The third-order valence-electron chi connectivity index (χ3n) is 4.05. The average molecular weight is 285 g/mol. The molecule has 0 amide bonds. The summed E-state index contributed by atoms with van der Waals surface area (Å²) in [5.41, 5.74) is 0. The van der Waals surface area contributed by atoms with Gasteiger partial charge in [0.1, 0.15) is 12.4 Å². The van der Waals surface area contributed by atoms with Crippen molar-refractivity contribution in [1.29, 1.82) is 0 Å². The monoisotopic (exact) mass is 285 g/mol. The van der Waals surface area contributed by atoms with Crippen molar-refractivity contribution in [2.24, 2.45) is 5.92 Å². The van der Waals surface area contributed by atoms with Crippen molar-refractivity contribution < 1.29 is 9.47 Å². The lowest BCUT2D eigenvalue weighted by Crippen LogP contribution is -2.30. The molecule has 112 valence electrons. The van der Waals surface area contributed by atoms with E-state index in [0.717, 1.165) is 25.4 Å². The van der Waals surface area contributed by atoms with Crippen LogP contribution in [0.1, 0.15) is 12.8 Å². The summed E-state index contributed by atoms with van der Waals surface area (Å²) in [7, 11) is 0. The van der Waals surface area contributed by atoms with Crippen LogP contribution in [0.5, 0.6) is 5.75 Å². The predicted molar refractivity (Wildman–Crippen MR) is 85.9 cm³/mol. The standard InChI is InChI=1S/C18H23NO2/c1-2-6-17-16(4-1)5-3-7-18(17)21-13-12-20-14-15-8-10-19-11-9-15/h1-7,15,19H,8-14H2. The summed E-state index contributed by atoms with van der Waals surface area (Å²) < 4.78 is 11.6. The molecule has 21 heavy (non-hydrogen) atoms. The van der Waals surface area contributed by atoms with Crippen molar-refractivity contribution in [3.63, 3.8) is 0 Å². The highest BCUT2D eigenvalue weighted by Crippen LogP contribution is 2.24. The van der Waals surface area contributed by atoms with Gasteiger partial charge in [-0.15, -0.1) is 0 Å². The number of rotatable bonds is 6. The van der Waals surface area contributed by atoms with Crippen LogP contribution in [0.2, 0.25) is 0 Å². The van der Waals surface area contributed by atoms with E-state index < -0.39 is 0 Å². The summed E-state index contributed by atoms with van der Waals surface area (Å²) in [6.07, 6.45) is 2.45. The lowest BCUT2D eigenvalue weighted by atomic mass is 9.99. The van der Waals surface area contributed by atoms with Crippen molar-refractivity contribution in [2.75, 3.05) is 32.9 Å². The van der Waals surface area contributed by atoms with Gasteiger partial charge in [0.05, 0.1) is 6.61 Å². The Morgan fingerprint density at radius 1 is 0.952 bits per heavy atom. The summed E-state index contributed by atoms with van der Waals surface area (Å²) in [5.74, 6) is 1.65. The summed E-state index contributed by atoms with van der Waals surface area (Å²) in [6.45, 7) is 4.38. The first-order valence-corrected chi connectivity index (χ1v) is 7.82. The summed E-state index contributed by atoms with van der Waals surface area (Å²) in [6, 6.07) is 14.5. The SMILES string of the molecule is c1ccc2c(OCCOCC3CCNCC3)cccc2c1. The molecule has 0 aromatic heterocycles. The Hall–Kier alpha value is -1.58. The van der Waals surface area contributed by atoms with Gasteiger partial charge < -0.3 is 14.8 Å². The maximum atomic E-state index is 5.87. The quantitative estimate of drug-likeness (QED) is 0.827. The maximum Gasteiger partial charge on any atom is 0.127 e. The fourth-order valence-electron chi connectivity index (χ4n) is 2.83. The Bertz CT molecular complexity index is 559. The first kappa shape index (κ1) is 14.4. The molecule has 0 atom stereocenters. The fourth-order valence-corrected chi connectivity index (χ4v) is 2.83. The lowest BCUT2D eigenvalue weighted by molar-refractivity contribution is 0.0658. The van der Waals surface area contributed by atoms with E-state index in [4.69, 9.17) is 9.47 Å². The topological polar surface area (TPSA) is 30.5 Å². The van der Waals surface area contributed by atoms with E-state index in [1.54, 1.807) is 0 Å². The molecule has 1 aliphatic rings. The largest absolute Gasteiger partial charge is 0.491 e. The zero-order valence-electron chi connectivity index (χ0n) is 12.4. The predicted octanol–water partition coefficient (Wildman–Crippen LogP) is 3.23. The Labute approximate surface area is 126 Å². The molecule has 1 N–H and O–H groups in total. The van der Waals surface area contributed by atoms with E-state index in [-0.39, 0.29) is 0 Å². The van der Waals surface area contributed by atoms with Gasteiger partial charge in [-0.05, 0) is 43.3 Å². The van der Waals surface area contributed by atoms with Crippen LogP contribution in [0.4, 0.5) is 0 Å². The van der Waals surface area contributed by atoms with Crippen LogP contribution in [0, 0.1) is 5.92 Å². The number of nitrogens with one attached hydrogen (secondary N) is 1. The highest BCUT2D eigenvalue weighted by Gasteiger charge is 2.12. The third kappa shape index (κ3) is 3.96. The number of piperidine rings is 1. The Balaban J connectivity index is 1.44. The third-order valence-corrected chi connectivity index (χ3v) is 4.05. The number of hydrogen-bond acceptors (Lipinski definition) is 3. The van der Waals surface area contributed by atoms with Gasteiger partial charge in [0, 0.05) is 12.0 Å². The zero-order valence-corrected chi connectivity index (χ0v) is 12.4. The van der Waals surface area contributed by atoms with Gasteiger partial charge in [-0.1, -0.05) is 36.4 Å². The number of ether oxygens (including phenoxy) is 2. The van der Waals surface area contributed by atoms with E-state index in [0.29, 0.717) is 19.1 Å². The van der Waals surface area contributed by atoms with E-state index >= 15 is 0 Å². The molecule has 0 spiro atoms. The van der Waals surface area contributed by atoms with Gasteiger partial charge in [0.15, 0.2) is 0 Å². The summed E-state index contributed by atoms with van der Waals surface area (Å²) >= 11 is 0. The van der Waals surface area contributed by atoms with Gasteiger partial charge >= 0.3 is 0 Å². The lowest BCUT2D eigenvalue weighted by Gasteiger charge is -2.22. The molecule has 3 rings (SSSR count). The summed E-state index contributed by atoms with van der Waals surface area (Å²) in [5, 5.41) is 5.75. The minimum Gasteiger partial charge on any atom is -0.491 e. The Kier molecular flexibility index (Phi) is 5.08. The number of hydrogen-bond donors (Lipinski definition) is 1. The molecule has 2 aromatic rings. The van der Waals surface area contributed by atoms with E-state index in [2.05, 4.69) is 23.5 Å². The van der Waals surface area contributed by atoms with Crippen LogP contribution in [0.15, 0.2) is 42.5 Å². The van der Waals surface area contributed by atoms with Gasteiger partial charge in [-0.2, -0.15) is 0 Å². The second-order valence-electron chi connectivity index (χ2n) is 5.59. The van der Waals surface area contributed by atoms with Crippen LogP contribution >= 0.6 is 0 Å². The smallest absolute Gasteiger partial charge is 0.127 e. The molecule has 1 aliphatic heterocycles. The maximum absolute atomic E-state index is 5.87.